The quantitative estimate of drug-likeness (QED) is 0.330. The van der Waals surface area contributed by atoms with Gasteiger partial charge in [0.05, 0.1) is 37.7 Å². The topological polar surface area (TPSA) is 51.6 Å². The predicted octanol–water partition coefficient (Wildman–Crippen LogP) is 5.99. The molecule has 7 heteroatoms. The summed E-state index contributed by atoms with van der Waals surface area (Å²) >= 11 is 5.94. The normalized spacial score (nSPS) is 17.2. The van der Waals surface area contributed by atoms with E-state index in [1.54, 1.807) is 14.2 Å². The van der Waals surface area contributed by atoms with E-state index in [-0.39, 0.29) is 12.1 Å². The van der Waals surface area contributed by atoms with E-state index in [0.717, 1.165) is 40.0 Å². The van der Waals surface area contributed by atoms with Gasteiger partial charge in [-0.05, 0) is 81.0 Å². The molecular formula is C29H30N4O2S. The number of rotatable bonds is 6. The first-order valence-electron chi connectivity index (χ1n) is 11.9. The van der Waals surface area contributed by atoms with E-state index in [9.17, 15) is 0 Å². The molecule has 1 N–H and O–H groups in total. The number of anilines is 1. The third-order valence-electron chi connectivity index (χ3n) is 6.82. The molecule has 2 atom stereocenters. The molecule has 1 saturated heterocycles. The third kappa shape index (κ3) is 4.09. The van der Waals surface area contributed by atoms with Gasteiger partial charge in [0.25, 0.3) is 0 Å². The highest BCUT2D eigenvalue weighted by Crippen LogP contribution is 2.47. The summed E-state index contributed by atoms with van der Waals surface area (Å²) in [5.74, 6) is 1.46. The van der Waals surface area contributed by atoms with Gasteiger partial charge in [0.15, 0.2) is 5.11 Å². The van der Waals surface area contributed by atoms with Crippen molar-refractivity contribution < 1.29 is 9.47 Å². The lowest BCUT2D eigenvalue weighted by Gasteiger charge is -2.29. The highest BCUT2D eigenvalue weighted by atomic mass is 32.1. The van der Waals surface area contributed by atoms with Gasteiger partial charge >= 0.3 is 0 Å². The molecule has 0 amide bonds. The molecule has 4 aromatic rings. The molecule has 6 nitrogen and oxygen atoms in total. The smallest absolute Gasteiger partial charge is 0.174 e. The number of hydrogen-bond acceptors (Lipinski definition) is 4. The summed E-state index contributed by atoms with van der Waals surface area (Å²) in [6, 6.07) is 22.3. The molecule has 0 radical (unpaired) electrons. The molecule has 0 saturated carbocycles. The first kappa shape index (κ1) is 23.9. The fraction of sp³-hybridized carbons (Fsp3) is 0.241. The Balaban J connectivity index is 1.71. The third-order valence-corrected chi connectivity index (χ3v) is 7.14. The van der Waals surface area contributed by atoms with E-state index >= 15 is 0 Å². The molecule has 0 aliphatic carbocycles. The van der Waals surface area contributed by atoms with Crippen LogP contribution in [0, 0.1) is 20.8 Å². The van der Waals surface area contributed by atoms with Crippen molar-refractivity contribution in [1.29, 1.82) is 0 Å². The Labute approximate surface area is 217 Å². The Bertz CT molecular complexity index is 1400. The number of pyridine rings is 1. The van der Waals surface area contributed by atoms with Crippen LogP contribution in [0.3, 0.4) is 0 Å². The van der Waals surface area contributed by atoms with Crippen LogP contribution < -0.4 is 19.7 Å². The Kier molecular flexibility index (Phi) is 6.41. The van der Waals surface area contributed by atoms with Crippen molar-refractivity contribution in [2.45, 2.75) is 32.9 Å². The van der Waals surface area contributed by atoms with Crippen molar-refractivity contribution in [1.82, 2.24) is 14.9 Å². The van der Waals surface area contributed by atoms with Gasteiger partial charge in [-0.2, -0.15) is 0 Å². The van der Waals surface area contributed by atoms with E-state index < -0.39 is 0 Å². The van der Waals surface area contributed by atoms with E-state index in [1.165, 1.54) is 11.1 Å². The van der Waals surface area contributed by atoms with Gasteiger partial charge in [0, 0.05) is 29.3 Å². The lowest BCUT2D eigenvalue weighted by molar-refractivity contribution is 0.403. The van der Waals surface area contributed by atoms with Gasteiger partial charge in [0.1, 0.15) is 11.5 Å². The van der Waals surface area contributed by atoms with Gasteiger partial charge in [-0.25, -0.2) is 0 Å². The molecule has 0 unspecified atom stereocenters. The second-order valence-electron chi connectivity index (χ2n) is 9.03. The molecule has 36 heavy (non-hydrogen) atoms. The lowest BCUT2D eigenvalue weighted by Crippen LogP contribution is -2.30. The maximum atomic E-state index is 5.94. The number of methoxy groups -OCH3 is 2. The van der Waals surface area contributed by atoms with Crippen LogP contribution in [0.25, 0.3) is 5.69 Å². The zero-order chi connectivity index (χ0) is 25.4. The van der Waals surface area contributed by atoms with E-state index in [0.29, 0.717) is 5.11 Å². The molecular weight excluding hydrogens is 468 g/mol. The number of nitrogens with one attached hydrogen (secondary N) is 1. The highest BCUT2D eigenvalue weighted by molar-refractivity contribution is 7.80. The number of thiocarbonyl (C=S) groups is 1. The summed E-state index contributed by atoms with van der Waals surface area (Å²) < 4.78 is 13.6. The first-order chi connectivity index (χ1) is 17.4. The standard InChI is InChI=1S/C29H30N4O2S/c1-18-9-11-21(12-10-18)32-19(2)16-23(20(32)3)28-27(24-8-6-7-15-30-24)31-29(36)33(28)25-17-22(34-4)13-14-26(25)35-5/h6-17,27-28H,1-5H3,(H,31,36)/t27-,28-/m1/s1. The molecule has 184 valence electrons. The van der Waals surface area contributed by atoms with Crippen LogP contribution in [0.15, 0.2) is 72.9 Å². The maximum absolute atomic E-state index is 5.94. The van der Waals surface area contributed by atoms with Crippen molar-refractivity contribution >= 4 is 23.0 Å². The Morgan fingerprint density at radius 3 is 2.36 bits per heavy atom. The molecule has 1 aliphatic heterocycles. The van der Waals surface area contributed by atoms with Gasteiger partial charge in [0.2, 0.25) is 0 Å². The van der Waals surface area contributed by atoms with Gasteiger partial charge in [-0.3, -0.25) is 4.98 Å². The van der Waals surface area contributed by atoms with E-state index in [4.69, 9.17) is 26.7 Å². The number of nitrogens with zero attached hydrogens (tertiary/aromatic N) is 3. The van der Waals surface area contributed by atoms with Crippen LogP contribution in [-0.2, 0) is 0 Å². The van der Waals surface area contributed by atoms with Gasteiger partial charge in [-0.15, -0.1) is 0 Å². The fourth-order valence-corrected chi connectivity index (χ4v) is 5.43. The highest BCUT2D eigenvalue weighted by Gasteiger charge is 2.43. The molecule has 5 rings (SSSR count). The summed E-state index contributed by atoms with van der Waals surface area (Å²) in [7, 11) is 3.34. The first-order valence-corrected chi connectivity index (χ1v) is 12.3. The molecule has 0 spiro atoms. The zero-order valence-electron chi connectivity index (χ0n) is 21.1. The number of aryl methyl sites for hydroxylation is 2. The monoisotopic (exact) mass is 498 g/mol. The summed E-state index contributed by atoms with van der Waals surface area (Å²) in [6.45, 7) is 6.41. The van der Waals surface area contributed by atoms with Gasteiger partial charge in [-0.1, -0.05) is 23.8 Å². The summed E-state index contributed by atoms with van der Waals surface area (Å²) in [4.78, 5) is 6.83. The van der Waals surface area contributed by atoms with Crippen molar-refractivity contribution in [2.24, 2.45) is 0 Å². The summed E-state index contributed by atoms with van der Waals surface area (Å²) in [5.41, 5.74) is 7.61. The Hall–Kier alpha value is -3.84. The van der Waals surface area contributed by atoms with E-state index in [2.05, 4.69) is 65.9 Å². The van der Waals surface area contributed by atoms with Crippen LogP contribution >= 0.6 is 12.2 Å². The van der Waals surface area contributed by atoms with Crippen LogP contribution in [0.4, 0.5) is 5.69 Å². The SMILES string of the molecule is COc1ccc(OC)c(N2C(=S)N[C@H](c3ccccn3)[C@H]2c2cc(C)n(-c3ccc(C)cc3)c2C)c1. The number of aromatic nitrogens is 2. The number of ether oxygens (including phenoxy) is 2. The minimum absolute atomic E-state index is 0.151. The molecule has 1 aliphatic rings. The Morgan fingerprint density at radius 1 is 0.917 bits per heavy atom. The number of benzene rings is 2. The summed E-state index contributed by atoms with van der Waals surface area (Å²) in [5, 5.41) is 4.16. The molecule has 2 aromatic carbocycles. The minimum Gasteiger partial charge on any atom is -0.497 e. The average molecular weight is 499 g/mol. The van der Waals surface area contributed by atoms with Crippen molar-refractivity contribution in [2.75, 3.05) is 19.1 Å². The maximum Gasteiger partial charge on any atom is 0.174 e. The van der Waals surface area contributed by atoms with Crippen molar-refractivity contribution in [3.05, 3.63) is 101 Å². The molecule has 1 fully saturated rings. The summed E-state index contributed by atoms with van der Waals surface area (Å²) in [6.07, 6.45) is 1.82. The second-order valence-corrected chi connectivity index (χ2v) is 9.42. The van der Waals surface area contributed by atoms with Crippen LogP contribution in [0.1, 0.15) is 40.3 Å². The average Bonchev–Trinajstić information content (AvgIpc) is 3.39. The molecule has 3 heterocycles. The fourth-order valence-electron chi connectivity index (χ4n) is 5.09. The molecule has 0 bridgehead atoms. The molecule has 2 aromatic heterocycles. The van der Waals surface area contributed by atoms with Crippen LogP contribution in [0.5, 0.6) is 11.5 Å². The lowest BCUT2D eigenvalue weighted by atomic mass is 9.96. The largest absolute Gasteiger partial charge is 0.497 e. The minimum atomic E-state index is -0.154. The van der Waals surface area contributed by atoms with Crippen molar-refractivity contribution in [3.63, 3.8) is 0 Å². The van der Waals surface area contributed by atoms with Crippen LogP contribution in [0.2, 0.25) is 0 Å². The number of hydrogen-bond donors (Lipinski definition) is 1. The zero-order valence-corrected chi connectivity index (χ0v) is 22.0. The second kappa shape index (κ2) is 9.66. The van der Waals surface area contributed by atoms with E-state index in [1.807, 2.05) is 42.6 Å². The van der Waals surface area contributed by atoms with Gasteiger partial charge < -0.3 is 24.3 Å². The Morgan fingerprint density at radius 2 is 1.69 bits per heavy atom. The predicted molar refractivity (Wildman–Crippen MR) is 147 cm³/mol. The van der Waals surface area contributed by atoms with Crippen LogP contribution in [-0.4, -0.2) is 28.9 Å². The van der Waals surface area contributed by atoms with Crippen molar-refractivity contribution in [3.8, 4) is 17.2 Å².